The van der Waals surface area contributed by atoms with Crippen molar-refractivity contribution in [3.05, 3.63) is 66.9 Å². The second-order valence-electron chi connectivity index (χ2n) is 6.44. The Balaban J connectivity index is 1.47. The molecule has 0 radical (unpaired) electrons. The molecule has 2 N–H and O–H groups in total. The van der Waals surface area contributed by atoms with Crippen molar-refractivity contribution in [2.24, 2.45) is 0 Å². The van der Waals surface area contributed by atoms with Crippen LogP contribution in [0.3, 0.4) is 0 Å². The number of benzene rings is 1. The fourth-order valence-electron chi connectivity index (χ4n) is 2.64. The van der Waals surface area contributed by atoms with Crippen molar-refractivity contribution in [1.82, 2.24) is 15.1 Å². The third kappa shape index (κ3) is 6.63. The first kappa shape index (κ1) is 21.9. The van der Waals surface area contributed by atoms with Crippen molar-refractivity contribution in [2.75, 3.05) is 11.9 Å². The van der Waals surface area contributed by atoms with Gasteiger partial charge in [0, 0.05) is 6.20 Å². The fraction of sp³-hybridized carbons (Fsp3) is 0.250. The molecule has 2 aromatic heterocycles. The Bertz CT molecular complexity index is 988. The van der Waals surface area contributed by atoms with Gasteiger partial charge in [0.05, 0.1) is 31.2 Å². The Hall–Kier alpha value is -3.76. The Labute approximate surface area is 175 Å². The molecular weight excluding hydrogens is 417 g/mol. The molecule has 0 aliphatic carbocycles. The maximum absolute atomic E-state index is 13.2. The topological polar surface area (TPSA) is 98.4 Å². The van der Waals surface area contributed by atoms with Crippen molar-refractivity contribution in [3.8, 4) is 5.75 Å². The lowest BCUT2D eigenvalue weighted by Crippen LogP contribution is -2.39. The van der Waals surface area contributed by atoms with E-state index in [2.05, 4.69) is 10.4 Å². The van der Waals surface area contributed by atoms with Crippen LogP contribution in [0.25, 0.3) is 0 Å². The van der Waals surface area contributed by atoms with Gasteiger partial charge >= 0.3 is 6.18 Å². The number of anilines is 1. The summed E-state index contributed by atoms with van der Waals surface area (Å²) >= 11 is 0. The van der Waals surface area contributed by atoms with Crippen molar-refractivity contribution in [1.29, 1.82) is 0 Å². The van der Waals surface area contributed by atoms with Crippen molar-refractivity contribution in [2.45, 2.75) is 25.2 Å². The summed E-state index contributed by atoms with van der Waals surface area (Å²) in [6.45, 7) is -0.307. The molecule has 0 fully saturated rings. The summed E-state index contributed by atoms with van der Waals surface area (Å²) in [6, 6.07) is 9.16. The lowest BCUT2D eigenvalue weighted by Gasteiger charge is -2.19. The van der Waals surface area contributed by atoms with E-state index in [1.54, 1.807) is 12.1 Å². The molecule has 3 rings (SSSR count). The van der Waals surface area contributed by atoms with Gasteiger partial charge in [-0.15, -0.1) is 0 Å². The number of carbonyl (C=O) groups excluding carboxylic acids is 2. The van der Waals surface area contributed by atoms with Gasteiger partial charge in [0.2, 0.25) is 11.8 Å². The zero-order chi connectivity index (χ0) is 22.3. The van der Waals surface area contributed by atoms with Crippen molar-refractivity contribution in [3.63, 3.8) is 0 Å². The van der Waals surface area contributed by atoms with Crippen LogP contribution in [-0.2, 0) is 16.1 Å². The van der Waals surface area contributed by atoms with E-state index in [1.807, 2.05) is 23.5 Å². The van der Waals surface area contributed by atoms with E-state index in [1.165, 1.54) is 18.5 Å². The predicted octanol–water partition coefficient (Wildman–Crippen LogP) is 3.30. The summed E-state index contributed by atoms with van der Waals surface area (Å²) in [5, 5.41) is 8.33. The lowest BCUT2D eigenvalue weighted by molar-refractivity contribution is -0.167. The number of alkyl halides is 3. The van der Waals surface area contributed by atoms with Crippen LogP contribution in [0.4, 0.5) is 18.9 Å². The zero-order valence-corrected chi connectivity index (χ0v) is 16.1. The van der Waals surface area contributed by atoms with E-state index in [9.17, 15) is 22.8 Å². The van der Waals surface area contributed by atoms with Crippen LogP contribution in [-0.4, -0.2) is 34.4 Å². The summed E-state index contributed by atoms with van der Waals surface area (Å²) in [7, 11) is 0. The Morgan fingerprint density at radius 2 is 1.90 bits per heavy atom. The lowest BCUT2D eigenvalue weighted by atomic mass is 10.2. The highest BCUT2D eigenvalue weighted by Crippen LogP contribution is 2.32. The molecule has 0 bridgehead atoms. The van der Waals surface area contributed by atoms with Crippen LogP contribution in [0, 0.1) is 0 Å². The smallest absolute Gasteiger partial charge is 0.415 e. The van der Waals surface area contributed by atoms with E-state index < -0.39 is 30.4 Å². The average molecular weight is 436 g/mol. The maximum Gasteiger partial charge on any atom is 0.415 e. The van der Waals surface area contributed by atoms with E-state index in [0.717, 1.165) is 17.0 Å². The van der Waals surface area contributed by atoms with Gasteiger partial charge in [-0.2, -0.15) is 18.3 Å². The minimum atomic E-state index is -4.72. The Kier molecular flexibility index (Phi) is 6.96. The second-order valence-corrected chi connectivity index (χ2v) is 6.44. The van der Waals surface area contributed by atoms with E-state index in [0.29, 0.717) is 11.4 Å². The normalized spacial score (nSPS) is 12.2. The molecule has 0 unspecified atom stereocenters. The largest absolute Gasteiger partial charge is 0.493 e. The Morgan fingerprint density at radius 1 is 1.13 bits per heavy atom. The molecule has 164 valence electrons. The van der Waals surface area contributed by atoms with Gasteiger partial charge in [-0.05, 0) is 24.3 Å². The number of aromatic nitrogens is 2. The van der Waals surface area contributed by atoms with Gasteiger partial charge in [0.1, 0.15) is 18.1 Å². The highest BCUT2D eigenvalue weighted by Gasteiger charge is 2.43. The molecule has 31 heavy (non-hydrogen) atoms. The molecule has 2 amide bonds. The van der Waals surface area contributed by atoms with Gasteiger partial charge in [0.25, 0.3) is 0 Å². The van der Waals surface area contributed by atoms with Crippen LogP contribution in [0.2, 0.25) is 0 Å². The van der Waals surface area contributed by atoms with Gasteiger partial charge in [-0.1, -0.05) is 18.2 Å². The molecular formula is C20H19F3N4O4. The molecule has 1 aromatic carbocycles. The third-order valence-corrected chi connectivity index (χ3v) is 4.02. The molecule has 8 nitrogen and oxygen atoms in total. The minimum absolute atomic E-state index is 0.0803. The summed E-state index contributed by atoms with van der Waals surface area (Å²) in [6.07, 6.45) is -0.925. The molecule has 2 heterocycles. The van der Waals surface area contributed by atoms with Crippen LogP contribution in [0.5, 0.6) is 5.75 Å². The van der Waals surface area contributed by atoms with Gasteiger partial charge in [0.15, 0.2) is 6.04 Å². The van der Waals surface area contributed by atoms with E-state index >= 15 is 0 Å². The highest BCUT2D eigenvalue weighted by molar-refractivity contribution is 5.90. The molecule has 0 aliphatic heterocycles. The summed E-state index contributed by atoms with van der Waals surface area (Å²) in [5.74, 6) is -1.04. The summed E-state index contributed by atoms with van der Waals surface area (Å²) in [4.78, 5) is 24.0. The zero-order valence-electron chi connectivity index (χ0n) is 16.1. The standard InChI is InChI=1S/C20H19F3N4O4/c21-20(22,23)19(16-7-4-9-31-16)26-18(29)13-27-12-14(11-24-27)25-17(28)8-10-30-15-5-2-1-3-6-15/h1-7,9,11-12,19H,8,10,13H2,(H,25,28)(H,26,29)/t19-/m0/s1. The maximum atomic E-state index is 13.2. The van der Waals surface area contributed by atoms with Crippen LogP contribution >= 0.6 is 0 Å². The highest BCUT2D eigenvalue weighted by atomic mass is 19.4. The van der Waals surface area contributed by atoms with Crippen molar-refractivity contribution < 1.29 is 31.9 Å². The molecule has 3 aromatic rings. The number of furan rings is 1. The van der Waals surface area contributed by atoms with Crippen LogP contribution in [0.15, 0.2) is 65.5 Å². The Morgan fingerprint density at radius 3 is 2.58 bits per heavy atom. The van der Waals surface area contributed by atoms with Gasteiger partial charge in [-0.3, -0.25) is 14.3 Å². The number of nitrogens with zero attached hydrogens (tertiary/aromatic N) is 2. The predicted molar refractivity (Wildman–Crippen MR) is 103 cm³/mol. The molecule has 11 heteroatoms. The first-order valence-electron chi connectivity index (χ1n) is 9.21. The molecule has 0 saturated carbocycles. The summed E-state index contributed by atoms with van der Waals surface area (Å²) in [5.41, 5.74) is 0.302. The number of halogens is 3. The van der Waals surface area contributed by atoms with E-state index in [-0.39, 0.29) is 18.9 Å². The van der Waals surface area contributed by atoms with Crippen LogP contribution in [0.1, 0.15) is 18.2 Å². The van der Waals surface area contributed by atoms with E-state index in [4.69, 9.17) is 9.15 Å². The first-order valence-corrected chi connectivity index (χ1v) is 9.21. The number of hydrogen-bond acceptors (Lipinski definition) is 5. The third-order valence-electron chi connectivity index (χ3n) is 4.02. The number of hydrogen-bond donors (Lipinski definition) is 2. The van der Waals surface area contributed by atoms with Crippen molar-refractivity contribution >= 4 is 17.5 Å². The number of nitrogens with one attached hydrogen (secondary N) is 2. The molecule has 0 aliphatic rings. The summed E-state index contributed by atoms with van der Waals surface area (Å²) < 4.78 is 50.9. The molecule has 0 spiro atoms. The average Bonchev–Trinajstić information content (AvgIpc) is 3.38. The fourth-order valence-corrected chi connectivity index (χ4v) is 2.64. The van der Waals surface area contributed by atoms with Gasteiger partial charge in [-0.25, -0.2) is 0 Å². The molecule has 0 saturated heterocycles. The van der Waals surface area contributed by atoms with Gasteiger partial charge < -0.3 is 19.8 Å². The number of amides is 2. The van der Waals surface area contributed by atoms with Crippen LogP contribution < -0.4 is 15.4 Å². The molecule has 1 atom stereocenters. The number of para-hydroxylation sites is 1. The SMILES string of the molecule is O=C(CCOc1ccccc1)Nc1cnn(CC(=O)N[C@@H](c2ccco2)C(F)(F)F)c1. The first-order chi connectivity index (χ1) is 14.8. The number of carbonyl (C=O) groups is 2. The minimum Gasteiger partial charge on any atom is -0.493 e. The number of rotatable bonds is 9. The number of ether oxygens (including phenoxy) is 1. The quantitative estimate of drug-likeness (QED) is 0.536. The monoisotopic (exact) mass is 436 g/mol. The second kappa shape index (κ2) is 9.83.